The molecule has 0 spiro atoms. The molecule has 1 unspecified atom stereocenters. The summed E-state index contributed by atoms with van der Waals surface area (Å²) in [6.45, 7) is 5.04. The molecule has 144 valence electrons. The Morgan fingerprint density at radius 1 is 1.33 bits per heavy atom. The van der Waals surface area contributed by atoms with Crippen LogP contribution in [0.2, 0.25) is 0 Å². The molecule has 1 aromatic carbocycles. The van der Waals surface area contributed by atoms with Gasteiger partial charge in [0.05, 0.1) is 24.0 Å². The van der Waals surface area contributed by atoms with Crippen LogP contribution in [0.15, 0.2) is 30.7 Å². The Hall–Kier alpha value is -2.31. The van der Waals surface area contributed by atoms with Gasteiger partial charge in [-0.3, -0.25) is 9.18 Å². The number of imidazole rings is 1. The third kappa shape index (κ3) is 3.13. The molecule has 1 heterocycles. The van der Waals surface area contributed by atoms with Gasteiger partial charge in [-0.05, 0) is 30.6 Å². The Morgan fingerprint density at radius 3 is 2.67 bits per heavy atom. The fourth-order valence-electron chi connectivity index (χ4n) is 4.78. The lowest BCUT2D eigenvalue weighted by atomic mass is 9.96. The number of allylic oxidation sites excluding steroid dienone is 1. The van der Waals surface area contributed by atoms with Crippen LogP contribution in [0.1, 0.15) is 32.2 Å². The summed E-state index contributed by atoms with van der Waals surface area (Å²) in [6, 6.07) is 2.50. The Labute approximate surface area is 155 Å². The minimum absolute atomic E-state index is 0.102. The number of fused-ring (bicyclic) bond motifs is 2. The van der Waals surface area contributed by atoms with Crippen LogP contribution in [0.5, 0.6) is 0 Å². The summed E-state index contributed by atoms with van der Waals surface area (Å²) in [7, 11) is 0. The molecule has 2 aliphatic rings. The zero-order valence-corrected chi connectivity index (χ0v) is 15.1. The Morgan fingerprint density at radius 2 is 2.00 bits per heavy atom. The zero-order chi connectivity index (χ0) is 19.3. The van der Waals surface area contributed by atoms with Gasteiger partial charge in [0.25, 0.3) is 0 Å². The van der Waals surface area contributed by atoms with Crippen LogP contribution in [0.25, 0.3) is 11.0 Å². The Kier molecular flexibility index (Phi) is 4.48. The lowest BCUT2D eigenvalue weighted by Gasteiger charge is -2.20. The molecule has 1 N–H and O–H groups in total. The maximum Gasteiger partial charge on any atom is 0.227 e. The molecular formula is C20H22F3N3O. The number of alkyl halides is 1. The van der Waals surface area contributed by atoms with E-state index in [1.807, 2.05) is 11.5 Å². The third-order valence-corrected chi connectivity index (χ3v) is 6.18. The second kappa shape index (κ2) is 6.69. The summed E-state index contributed by atoms with van der Waals surface area (Å²) in [5, 5.41) is 2.70. The molecule has 2 aliphatic carbocycles. The number of hydrogen-bond donors (Lipinski definition) is 1. The molecule has 27 heavy (non-hydrogen) atoms. The van der Waals surface area contributed by atoms with Gasteiger partial charge in [-0.2, -0.15) is 0 Å². The summed E-state index contributed by atoms with van der Waals surface area (Å²) >= 11 is 0. The molecule has 0 bridgehead atoms. The number of nitrogens with zero attached hydrogens (tertiary/aromatic N) is 2. The minimum Gasteiger partial charge on any atom is -0.330 e. The molecule has 4 rings (SSSR count). The van der Waals surface area contributed by atoms with Crippen molar-refractivity contribution in [2.75, 3.05) is 6.67 Å². The maximum atomic E-state index is 13.6. The van der Waals surface area contributed by atoms with Gasteiger partial charge in [-0.1, -0.05) is 13.5 Å². The highest BCUT2D eigenvalue weighted by Gasteiger charge is 2.59. The summed E-state index contributed by atoms with van der Waals surface area (Å²) < 4.78 is 41.2. The van der Waals surface area contributed by atoms with Gasteiger partial charge >= 0.3 is 0 Å². The highest BCUT2D eigenvalue weighted by Crippen LogP contribution is 2.63. The standard InChI is InChI=1S/C20H22F3N3O/c1-10(3-4-21)25-20(27)11(2)19-13-5-12(6-14(13)19)26-9-24-17-7-15(22)16(23)8-18(17)26/h7-9,11-14,19H,1,3-6H2,2H3,(H,25,27)/t11?,12-,13-,14+,19+. The largest absolute Gasteiger partial charge is 0.330 e. The second-order valence-electron chi connectivity index (χ2n) is 7.76. The molecule has 1 aromatic heterocycles. The molecular weight excluding hydrogens is 355 g/mol. The molecule has 4 nitrogen and oxygen atoms in total. The first-order chi connectivity index (χ1) is 12.9. The van der Waals surface area contributed by atoms with Crippen molar-refractivity contribution >= 4 is 16.9 Å². The van der Waals surface area contributed by atoms with E-state index in [-0.39, 0.29) is 24.3 Å². The summed E-state index contributed by atoms with van der Waals surface area (Å²) in [5.74, 6) is -0.831. The van der Waals surface area contributed by atoms with E-state index in [0.717, 1.165) is 18.9 Å². The van der Waals surface area contributed by atoms with Crippen molar-refractivity contribution in [1.82, 2.24) is 14.9 Å². The molecule has 0 saturated heterocycles. The average molecular weight is 377 g/mol. The predicted octanol–water partition coefficient (Wildman–Crippen LogP) is 4.14. The van der Waals surface area contributed by atoms with Crippen molar-refractivity contribution in [2.24, 2.45) is 23.7 Å². The number of carbonyl (C=O) groups excluding carboxylic acids is 1. The first kappa shape index (κ1) is 18.1. The van der Waals surface area contributed by atoms with Gasteiger partial charge in [0, 0.05) is 36.2 Å². The van der Waals surface area contributed by atoms with E-state index >= 15 is 0 Å². The SMILES string of the molecule is C=C(CCF)NC(=O)C(C)[C@H]1[C@@H]2C[C@@H](n3cnc4cc(F)c(F)cc43)C[C@@H]21. The minimum atomic E-state index is -0.892. The first-order valence-corrected chi connectivity index (χ1v) is 9.27. The number of benzene rings is 1. The average Bonchev–Trinajstić information content (AvgIpc) is 2.94. The number of nitrogens with one attached hydrogen (secondary N) is 1. The van der Waals surface area contributed by atoms with E-state index in [0.29, 0.717) is 34.5 Å². The molecule has 5 atom stereocenters. The lowest BCUT2D eigenvalue weighted by Crippen LogP contribution is -2.30. The fraction of sp³-hybridized carbons (Fsp3) is 0.500. The van der Waals surface area contributed by atoms with E-state index < -0.39 is 18.3 Å². The maximum absolute atomic E-state index is 13.6. The van der Waals surface area contributed by atoms with Gasteiger partial charge in [0.2, 0.25) is 5.91 Å². The smallest absolute Gasteiger partial charge is 0.227 e. The van der Waals surface area contributed by atoms with Crippen molar-refractivity contribution < 1.29 is 18.0 Å². The van der Waals surface area contributed by atoms with Crippen LogP contribution < -0.4 is 5.32 Å². The number of carbonyl (C=O) groups is 1. The van der Waals surface area contributed by atoms with E-state index in [1.54, 1.807) is 6.33 Å². The molecule has 0 radical (unpaired) electrons. The van der Waals surface area contributed by atoms with Crippen LogP contribution in [0.3, 0.4) is 0 Å². The Bertz CT molecular complexity index is 897. The van der Waals surface area contributed by atoms with Crippen molar-refractivity contribution in [1.29, 1.82) is 0 Å². The quantitative estimate of drug-likeness (QED) is 0.823. The number of hydrogen-bond acceptors (Lipinski definition) is 2. The molecule has 2 saturated carbocycles. The van der Waals surface area contributed by atoms with Crippen molar-refractivity contribution in [3.05, 3.63) is 42.4 Å². The van der Waals surface area contributed by atoms with Crippen molar-refractivity contribution in [2.45, 2.75) is 32.2 Å². The van der Waals surface area contributed by atoms with E-state index in [1.165, 1.54) is 6.07 Å². The first-order valence-electron chi connectivity index (χ1n) is 9.27. The van der Waals surface area contributed by atoms with Crippen LogP contribution in [0, 0.1) is 35.3 Å². The molecule has 0 aliphatic heterocycles. The van der Waals surface area contributed by atoms with E-state index in [2.05, 4.69) is 16.9 Å². The topological polar surface area (TPSA) is 46.9 Å². The van der Waals surface area contributed by atoms with E-state index in [9.17, 15) is 18.0 Å². The highest BCUT2D eigenvalue weighted by atomic mass is 19.2. The summed E-state index contributed by atoms with van der Waals surface area (Å²) in [5.41, 5.74) is 1.47. The molecule has 2 aromatic rings. The summed E-state index contributed by atoms with van der Waals surface area (Å²) in [4.78, 5) is 16.5. The zero-order valence-electron chi connectivity index (χ0n) is 15.1. The monoisotopic (exact) mass is 377 g/mol. The van der Waals surface area contributed by atoms with Crippen LogP contribution in [0.4, 0.5) is 13.2 Å². The number of rotatable bonds is 6. The van der Waals surface area contributed by atoms with E-state index in [4.69, 9.17) is 0 Å². The molecule has 7 heteroatoms. The van der Waals surface area contributed by atoms with Crippen molar-refractivity contribution in [3.8, 4) is 0 Å². The molecule has 2 fully saturated rings. The summed E-state index contributed by atoms with van der Waals surface area (Å²) in [6.07, 6.45) is 3.57. The lowest BCUT2D eigenvalue weighted by molar-refractivity contribution is -0.124. The third-order valence-electron chi connectivity index (χ3n) is 6.18. The van der Waals surface area contributed by atoms with Gasteiger partial charge in [0.15, 0.2) is 11.6 Å². The van der Waals surface area contributed by atoms with Gasteiger partial charge in [-0.15, -0.1) is 0 Å². The number of amides is 1. The van der Waals surface area contributed by atoms with Gasteiger partial charge in [0.1, 0.15) is 0 Å². The molecule has 1 amide bonds. The van der Waals surface area contributed by atoms with Crippen LogP contribution >= 0.6 is 0 Å². The van der Waals surface area contributed by atoms with Gasteiger partial charge < -0.3 is 9.88 Å². The highest BCUT2D eigenvalue weighted by molar-refractivity contribution is 5.80. The number of halogens is 3. The van der Waals surface area contributed by atoms with Crippen LogP contribution in [-0.2, 0) is 4.79 Å². The van der Waals surface area contributed by atoms with Gasteiger partial charge in [-0.25, -0.2) is 13.8 Å². The predicted molar refractivity (Wildman–Crippen MR) is 95.4 cm³/mol. The van der Waals surface area contributed by atoms with Crippen LogP contribution in [-0.4, -0.2) is 22.1 Å². The fourth-order valence-corrected chi connectivity index (χ4v) is 4.78. The van der Waals surface area contributed by atoms with Crippen molar-refractivity contribution in [3.63, 3.8) is 0 Å². The second-order valence-corrected chi connectivity index (χ2v) is 7.76. The number of aromatic nitrogens is 2. The Balaban J connectivity index is 1.41. The normalized spacial score (nSPS) is 27.4.